The van der Waals surface area contributed by atoms with Crippen LogP contribution in [0.15, 0.2) is 0 Å². The smallest absolute Gasteiger partial charge is 0.155 e. The van der Waals surface area contributed by atoms with Gasteiger partial charge in [-0.05, 0) is 45.1 Å². The number of Topliss-reactive ketones (excluding diaryl/α,β-unsaturated/α-hetero) is 1. The summed E-state index contributed by atoms with van der Waals surface area (Å²) in [6.45, 7) is 2.95. The monoisotopic (exact) mass is 287 g/mol. The van der Waals surface area contributed by atoms with Crippen molar-refractivity contribution in [2.75, 3.05) is 12.8 Å². The van der Waals surface area contributed by atoms with Gasteiger partial charge in [0.05, 0.1) is 10.8 Å². The lowest BCUT2D eigenvalue weighted by Crippen LogP contribution is -2.51. The number of hydrogen-bond acceptors (Lipinski definition) is 4. The van der Waals surface area contributed by atoms with Crippen LogP contribution in [0.25, 0.3) is 0 Å². The molecule has 0 radical (unpaired) electrons. The number of carbonyl (C=O) groups excluding carboxylic acids is 1. The summed E-state index contributed by atoms with van der Waals surface area (Å²) < 4.78 is 23.4. The number of sulfone groups is 1. The Morgan fingerprint density at radius 2 is 2.05 bits per heavy atom. The molecule has 0 aromatic heterocycles. The van der Waals surface area contributed by atoms with E-state index in [1.807, 2.05) is 6.92 Å². The average molecular weight is 287 g/mol. The molecule has 19 heavy (non-hydrogen) atoms. The third-order valence-electron chi connectivity index (χ3n) is 4.92. The lowest BCUT2D eigenvalue weighted by Gasteiger charge is -2.34. The summed E-state index contributed by atoms with van der Waals surface area (Å²) in [5.74, 6) is 0.194. The van der Waals surface area contributed by atoms with Crippen LogP contribution in [0.4, 0.5) is 0 Å². The van der Waals surface area contributed by atoms with Gasteiger partial charge in [0.15, 0.2) is 5.78 Å². The van der Waals surface area contributed by atoms with Crippen LogP contribution in [0.5, 0.6) is 0 Å². The van der Waals surface area contributed by atoms with E-state index in [0.717, 1.165) is 45.1 Å². The molecule has 2 fully saturated rings. The minimum atomic E-state index is -3.01. The van der Waals surface area contributed by atoms with Gasteiger partial charge in [-0.2, -0.15) is 0 Å². The fourth-order valence-electron chi connectivity index (χ4n) is 3.66. The number of hydrogen-bond donors (Lipinski definition) is 1. The Hall–Kier alpha value is -0.420. The van der Waals surface area contributed by atoms with E-state index in [1.165, 1.54) is 6.26 Å². The molecule has 4 nitrogen and oxygen atoms in total. The van der Waals surface area contributed by atoms with Crippen molar-refractivity contribution in [1.29, 1.82) is 0 Å². The number of ketones is 1. The molecule has 0 spiro atoms. The van der Waals surface area contributed by atoms with Gasteiger partial charge in [0.2, 0.25) is 0 Å². The van der Waals surface area contributed by atoms with Crippen LogP contribution in [0, 0.1) is 5.92 Å². The molecule has 2 aliphatic rings. The highest BCUT2D eigenvalue weighted by molar-refractivity contribution is 7.91. The highest BCUT2D eigenvalue weighted by Gasteiger charge is 2.44. The third-order valence-corrected chi connectivity index (χ3v) is 6.56. The van der Waals surface area contributed by atoms with Crippen LogP contribution in [0.2, 0.25) is 0 Å². The minimum Gasteiger partial charge on any atom is -0.305 e. The summed E-state index contributed by atoms with van der Waals surface area (Å²) in [7, 11) is -3.01. The topological polar surface area (TPSA) is 63.2 Å². The first-order valence-corrected chi connectivity index (χ1v) is 9.33. The van der Waals surface area contributed by atoms with Gasteiger partial charge < -0.3 is 5.32 Å². The first-order valence-electron chi connectivity index (χ1n) is 7.37. The van der Waals surface area contributed by atoms with E-state index in [9.17, 15) is 13.2 Å². The molecule has 0 aromatic carbocycles. The number of nitrogens with one attached hydrogen (secondary N) is 1. The zero-order valence-electron chi connectivity index (χ0n) is 11.9. The van der Waals surface area contributed by atoms with Gasteiger partial charge in [-0.3, -0.25) is 4.79 Å². The van der Waals surface area contributed by atoms with Crippen LogP contribution in [0.3, 0.4) is 0 Å². The second-order valence-electron chi connectivity index (χ2n) is 6.15. The van der Waals surface area contributed by atoms with E-state index in [2.05, 4.69) is 5.32 Å². The standard InChI is InChI=1S/C14H25NO3S/c1-3-14(8-5-9-15-14)13(16)11-6-4-7-12(10-11)19(2,17)18/h11-12,15H,3-10H2,1-2H3. The lowest BCUT2D eigenvalue weighted by atomic mass is 9.76. The van der Waals surface area contributed by atoms with E-state index in [-0.39, 0.29) is 22.5 Å². The van der Waals surface area contributed by atoms with E-state index in [4.69, 9.17) is 0 Å². The maximum Gasteiger partial charge on any atom is 0.155 e. The normalized spacial score (nSPS) is 36.3. The molecule has 0 amide bonds. The maximum atomic E-state index is 12.8. The Labute approximate surface area is 116 Å². The Kier molecular flexibility index (Phi) is 4.35. The fourth-order valence-corrected chi connectivity index (χ4v) is 4.83. The number of rotatable bonds is 4. The molecule has 2 rings (SSSR count). The van der Waals surface area contributed by atoms with E-state index >= 15 is 0 Å². The van der Waals surface area contributed by atoms with Crippen molar-refractivity contribution < 1.29 is 13.2 Å². The fraction of sp³-hybridized carbons (Fsp3) is 0.929. The molecular formula is C14H25NO3S. The first-order chi connectivity index (χ1) is 8.89. The molecule has 3 unspecified atom stereocenters. The van der Waals surface area contributed by atoms with Crippen LogP contribution < -0.4 is 5.32 Å². The summed E-state index contributed by atoms with van der Waals surface area (Å²) >= 11 is 0. The molecule has 1 aliphatic carbocycles. The van der Waals surface area contributed by atoms with Crippen LogP contribution >= 0.6 is 0 Å². The van der Waals surface area contributed by atoms with Gasteiger partial charge in [0, 0.05) is 12.2 Å². The predicted molar refractivity (Wildman–Crippen MR) is 75.9 cm³/mol. The van der Waals surface area contributed by atoms with Crippen molar-refractivity contribution in [2.45, 2.75) is 62.7 Å². The van der Waals surface area contributed by atoms with Gasteiger partial charge in [0.1, 0.15) is 9.84 Å². The molecule has 1 saturated carbocycles. The van der Waals surface area contributed by atoms with Crippen molar-refractivity contribution >= 4 is 15.6 Å². The first kappa shape index (κ1) is 15.0. The molecule has 0 bridgehead atoms. The van der Waals surface area contributed by atoms with E-state index in [1.54, 1.807) is 0 Å². The van der Waals surface area contributed by atoms with E-state index < -0.39 is 9.84 Å². The van der Waals surface area contributed by atoms with Gasteiger partial charge in [-0.25, -0.2) is 8.42 Å². The van der Waals surface area contributed by atoms with E-state index in [0.29, 0.717) is 6.42 Å². The van der Waals surface area contributed by atoms with Crippen LogP contribution in [-0.2, 0) is 14.6 Å². The number of carbonyl (C=O) groups is 1. The van der Waals surface area contributed by atoms with Crippen molar-refractivity contribution in [3.63, 3.8) is 0 Å². The SMILES string of the molecule is CCC1(C(=O)C2CCCC(S(C)(=O)=O)C2)CCCN1. The summed E-state index contributed by atoms with van der Waals surface area (Å²) in [5.41, 5.74) is -0.371. The Morgan fingerprint density at radius 3 is 2.58 bits per heavy atom. The average Bonchev–Trinajstić information content (AvgIpc) is 2.87. The molecule has 0 aromatic rings. The zero-order chi connectivity index (χ0) is 14.1. The van der Waals surface area contributed by atoms with Gasteiger partial charge >= 0.3 is 0 Å². The predicted octanol–water partition coefficient (Wildman–Crippen LogP) is 1.69. The Bertz CT molecular complexity index is 438. The highest BCUT2D eigenvalue weighted by atomic mass is 32.2. The van der Waals surface area contributed by atoms with Crippen molar-refractivity contribution in [3.8, 4) is 0 Å². The summed E-state index contributed by atoms with van der Waals surface area (Å²) in [5, 5.41) is 3.06. The van der Waals surface area contributed by atoms with Gasteiger partial charge in [-0.15, -0.1) is 0 Å². The lowest BCUT2D eigenvalue weighted by molar-refractivity contribution is -0.130. The molecule has 1 aliphatic heterocycles. The molecular weight excluding hydrogens is 262 g/mol. The second-order valence-corrected chi connectivity index (χ2v) is 8.47. The molecule has 3 atom stereocenters. The summed E-state index contributed by atoms with van der Waals surface area (Å²) in [6, 6.07) is 0. The largest absolute Gasteiger partial charge is 0.305 e. The molecule has 5 heteroatoms. The maximum absolute atomic E-state index is 12.8. The quantitative estimate of drug-likeness (QED) is 0.854. The van der Waals surface area contributed by atoms with Crippen molar-refractivity contribution in [1.82, 2.24) is 5.32 Å². The van der Waals surface area contributed by atoms with Crippen LogP contribution in [0.1, 0.15) is 51.9 Å². The highest BCUT2D eigenvalue weighted by Crippen LogP contribution is 2.35. The molecule has 1 N–H and O–H groups in total. The van der Waals surface area contributed by atoms with Gasteiger partial charge in [-0.1, -0.05) is 13.3 Å². The van der Waals surface area contributed by atoms with Crippen molar-refractivity contribution in [2.24, 2.45) is 5.92 Å². The minimum absolute atomic E-state index is 0.0703. The molecule has 110 valence electrons. The summed E-state index contributed by atoms with van der Waals surface area (Å²) in [6.07, 6.45) is 7.02. The zero-order valence-corrected chi connectivity index (χ0v) is 12.8. The second kappa shape index (κ2) is 5.52. The third kappa shape index (κ3) is 3.02. The van der Waals surface area contributed by atoms with Crippen LogP contribution in [-0.4, -0.2) is 37.8 Å². The molecule has 1 heterocycles. The Morgan fingerprint density at radius 1 is 1.32 bits per heavy atom. The van der Waals surface area contributed by atoms with Gasteiger partial charge in [0.25, 0.3) is 0 Å². The van der Waals surface area contributed by atoms with Crippen molar-refractivity contribution in [3.05, 3.63) is 0 Å². The summed E-state index contributed by atoms with van der Waals surface area (Å²) in [4.78, 5) is 12.8. The molecule has 1 saturated heterocycles. The Balaban J connectivity index is 2.11.